The van der Waals surface area contributed by atoms with Crippen LogP contribution in [0, 0.1) is 0 Å². The van der Waals surface area contributed by atoms with E-state index >= 15 is 0 Å². The number of aliphatic hydroxyl groups is 3. The molecule has 28 heavy (non-hydrogen) atoms. The van der Waals surface area contributed by atoms with Crippen molar-refractivity contribution in [3.63, 3.8) is 0 Å². The lowest BCUT2D eigenvalue weighted by Gasteiger charge is -2.52. The second-order valence-corrected chi connectivity index (χ2v) is 6.93. The van der Waals surface area contributed by atoms with E-state index < -0.39 is 41.7 Å². The highest BCUT2D eigenvalue weighted by Crippen LogP contribution is 2.49. The number of rotatable bonds is 7. The Labute approximate surface area is 162 Å². The fourth-order valence-corrected chi connectivity index (χ4v) is 2.75. The lowest BCUT2D eigenvalue weighted by molar-refractivity contribution is -0.453. The van der Waals surface area contributed by atoms with E-state index in [9.17, 15) is 29.7 Å². The highest BCUT2D eigenvalue weighted by molar-refractivity contribution is 5.90. The SMILES string of the molecule is C=C(C)C(=O)OC1(OC(=O)C(=C)C)CCCCC1(OC(=O)C(=C)C)C(O)(O)O. The summed E-state index contributed by atoms with van der Waals surface area (Å²) in [6.45, 7) is 14.1. The largest absolute Gasteiger partial charge is 0.438 e. The van der Waals surface area contributed by atoms with Crippen LogP contribution in [0.4, 0.5) is 0 Å². The zero-order valence-corrected chi connectivity index (χ0v) is 16.2. The van der Waals surface area contributed by atoms with Crippen LogP contribution in [0.25, 0.3) is 0 Å². The highest BCUT2D eigenvalue weighted by atomic mass is 16.8. The van der Waals surface area contributed by atoms with Crippen molar-refractivity contribution in [1.29, 1.82) is 0 Å². The first kappa shape index (κ1) is 23.5. The van der Waals surface area contributed by atoms with Crippen LogP contribution in [0.2, 0.25) is 0 Å². The topological polar surface area (TPSA) is 140 Å². The third-order valence-corrected chi connectivity index (χ3v) is 4.27. The van der Waals surface area contributed by atoms with E-state index in [1.807, 2.05) is 0 Å². The van der Waals surface area contributed by atoms with Crippen molar-refractivity contribution < 1.29 is 43.9 Å². The van der Waals surface area contributed by atoms with Gasteiger partial charge in [0.05, 0.1) is 0 Å². The fraction of sp³-hybridized carbons (Fsp3) is 0.526. The molecule has 0 aliphatic heterocycles. The Balaban J connectivity index is 3.70. The van der Waals surface area contributed by atoms with Crippen LogP contribution in [-0.2, 0) is 28.6 Å². The molecule has 1 unspecified atom stereocenters. The number of carbonyl (C=O) groups excluding carboxylic acids is 3. The molecule has 0 aromatic carbocycles. The molecule has 1 aliphatic carbocycles. The van der Waals surface area contributed by atoms with E-state index in [1.165, 1.54) is 20.8 Å². The van der Waals surface area contributed by atoms with Gasteiger partial charge in [-0.25, -0.2) is 14.4 Å². The van der Waals surface area contributed by atoms with Crippen LogP contribution in [0.3, 0.4) is 0 Å². The molecule has 9 nitrogen and oxygen atoms in total. The lowest BCUT2D eigenvalue weighted by Crippen LogP contribution is -2.73. The maximum absolute atomic E-state index is 12.3. The van der Waals surface area contributed by atoms with Crippen molar-refractivity contribution in [3.8, 4) is 0 Å². The minimum atomic E-state index is -3.73. The summed E-state index contributed by atoms with van der Waals surface area (Å²) in [5, 5.41) is 30.4. The summed E-state index contributed by atoms with van der Waals surface area (Å²) in [7, 11) is 0. The second-order valence-electron chi connectivity index (χ2n) is 6.93. The quantitative estimate of drug-likeness (QED) is 0.325. The molecule has 0 radical (unpaired) electrons. The van der Waals surface area contributed by atoms with Gasteiger partial charge in [0.2, 0.25) is 0 Å². The van der Waals surface area contributed by atoms with Gasteiger partial charge in [-0.15, -0.1) is 0 Å². The molecule has 3 N–H and O–H groups in total. The molecule has 0 heterocycles. The van der Waals surface area contributed by atoms with Gasteiger partial charge in [0.25, 0.3) is 5.60 Å². The summed E-state index contributed by atoms with van der Waals surface area (Å²) in [5.74, 6) is -9.53. The van der Waals surface area contributed by atoms with Gasteiger partial charge in [0, 0.05) is 29.6 Å². The fourth-order valence-electron chi connectivity index (χ4n) is 2.75. The van der Waals surface area contributed by atoms with E-state index in [2.05, 4.69) is 19.7 Å². The Bertz CT molecular complexity index is 685. The summed E-state index contributed by atoms with van der Waals surface area (Å²) in [6, 6.07) is 0. The minimum absolute atomic E-state index is 0.101. The Morgan fingerprint density at radius 2 is 1.11 bits per heavy atom. The predicted molar refractivity (Wildman–Crippen MR) is 96.0 cm³/mol. The van der Waals surface area contributed by atoms with Crippen molar-refractivity contribution in [2.24, 2.45) is 0 Å². The molecule has 0 bridgehead atoms. The molecule has 1 saturated carbocycles. The molecule has 1 rings (SSSR count). The molecule has 1 fully saturated rings. The third-order valence-electron chi connectivity index (χ3n) is 4.27. The van der Waals surface area contributed by atoms with E-state index in [-0.39, 0.29) is 36.0 Å². The molecule has 1 aliphatic rings. The van der Waals surface area contributed by atoms with Crippen LogP contribution < -0.4 is 0 Å². The van der Waals surface area contributed by atoms with Crippen LogP contribution in [0.15, 0.2) is 36.5 Å². The van der Waals surface area contributed by atoms with Gasteiger partial charge >= 0.3 is 29.7 Å². The molecule has 0 aromatic heterocycles. The van der Waals surface area contributed by atoms with Crippen LogP contribution in [-0.4, -0.2) is 50.6 Å². The molecule has 1 atom stereocenters. The third kappa shape index (κ3) is 4.49. The van der Waals surface area contributed by atoms with Gasteiger partial charge in [0.1, 0.15) is 0 Å². The van der Waals surface area contributed by atoms with E-state index in [0.717, 1.165) is 0 Å². The van der Waals surface area contributed by atoms with E-state index in [0.29, 0.717) is 0 Å². The minimum Gasteiger partial charge on any atom is -0.438 e. The van der Waals surface area contributed by atoms with Gasteiger partial charge in [-0.3, -0.25) is 0 Å². The molecule has 0 spiro atoms. The van der Waals surface area contributed by atoms with Gasteiger partial charge in [-0.2, -0.15) is 0 Å². The lowest BCUT2D eigenvalue weighted by atomic mass is 9.76. The molecule has 0 amide bonds. The van der Waals surface area contributed by atoms with Crippen molar-refractivity contribution in [3.05, 3.63) is 36.5 Å². The smallest absolute Gasteiger partial charge is 0.336 e. The monoisotopic (exact) mass is 398 g/mol. The Kier molecular flexibility index (Phi) is 6.94. The molecule has 0 saturated heterocycles. The molecule has 9 heteroatoms. The van der Waals surface area contributed by atoms with Crippen LogP contribution in [0.1, 0.15) is 46.5 Å². The van der Waals surface area contributed by atoms with Gasteiger partial charge in [-0.1, -0.05) is 19.7 Å². The number of ether oxygens (including phenoxy) is 3. The molecular weight excluding hydrogens is 372 g/mol. The summed E-state index contributed by atoms with van der Waals surface area (Å²) in [5.41, 5.74) is -3.09. The number of hydrogen-bond acceptors (Lipinski definition) is 9. The van der Waals surface area contributed by atoms with Crippen LogP contribution in [0.5, 0.6) is 0 Å². The Morgan fingerprint density at radius 3 is 1.46 bits per heavy atom. The van der Waals surface area contributed by atoms with E-state index in [4.69, 9.17) is 14.2 Å². The zero-order chi connectivity index (χ0) is 21.9. The normalized spacial score (nSPS) is 21.2. The van der Waals surface area contributed by atoms with Crippen molar-refractivity contribution in [2.75, 3.05) is 0 Å². The first-order valence-electron chi connectivity index (χ1n) is 8.53. The first-order chi connectivity index (χ1) is 12.7. The average molecular weight is 398 g/mol. The molecule has 156 valence electrons. The zero-order valence-electron chi connectivity index (χ0n) is 16.2. The van der Waals surface area contributed by atoms with Crippen molar-refractivity contribution >= 4 is 17.9 Å². The van der Waals surface area contributed by atoms with E-state index in [1.54, 1.807) is 0 Å². The highest BCUT2D eigenvalue weighted by Gasteiger charge is 2.72. The maximum Gasteiger partial charge on any atom is 0.336 e. The summed E-state index contributed by atoms with van der Waals surface area (Å²) >= 11 is 0. The molecular formula is C19H26O9. The number of esters is 3. The summed E-state index contributed by atoms with van der Waals surface area (Å²) in [4.78, 5) is 36.7. The summed E-state index contributed by atoms with van der Waals surface area (Å²) < 4.78 is 15.7. The maximum atomic E-state index is 12.3. The van der Waals surface area contributed by atoms with Crippen molar-refractivity contribution in [1.82, 2.24) is 0 Å². The van der Waals surface area contributed by atoms with Crippen LogP contribution >= 0.6 is 0 Å². The standard InChI is InChI=1S/C19H26O9/c1-11(2)14(20)26-17(19(23,24)25)9-7-8-10-18(17,27-15(21)12(3)4)28-16(22)13(5)6/h23-25H,1,3,5,7-10H2,2,4,6H3. The predicted octanol–water partition coefficient (Wildman–Crippen LogP) is 0.984. The number of hydrogen-bond donors (Lipinski definition) is 3. The van der Waals surface area contributed by atoms with Gasteiger partial charge in [-0.05, 0) is 33.6 Å². The second kappa shape index (κ2) is 8.26. The van der Waals surface area contributed by atoms with Gasteiger partial charge in [0.15, 0.2) is 0 Å². The first-order valence-corrected chi connectivity index (χ1v) is 8.53. The Hall–Kier alpha value is -2.49. The Morgan fingerprint density at radius 1 is 0.750 bits per heavy atom. The molecule has 0 aromatic rings. The summed E-state index contributed by atoms with van der Waals surface area (Å²) in [6.07, 6.45) is -0.181. The average Bonchev–Trinajstić information content (AvgIpc) is 2.55. The number of carbonyl (C=O) groups is 3. The van der Waals surface area contributed by atoms with Crippen molar-refractivity contribution in [2.45, 2.75) is 63.8 Å². The van der Waals surface area contributed by atoms with Gasteiger partial charge < -0.3 is 29.5 Å².